The zero-order valence-corrected chi connectivity index (χ0v) is 12.2. The summed E-state index contributed by atoms with van der Waals surface area (Å²) >= 11 is 0. The molecule has 1 N–H and O–H groups in total. The first-order valence-corrected chi connectivity index (χ1v) is 6.92. The quantitative estimate of drug-likeness (QED) is 0.778. The van der Waals surface area contributed by atoms with E-state index in [9.17, 15) is 9.18 Å². The number of hydrogen-bond donors (Lipinski definition) is 1. The third-order valence-corrected chi connectivity index (χ3v) is 3.04. The fourth-order valence-electron chi connectivity index (χ4n) is 1.96. The number of aryl methyl sites for hydroxylation is 2. The number of benzene rings is 1. The summed E-state index contributed by atoms with van der Waals surface area (Å²) in [4.78, 5) is 15.9. The number of amides is 1. The minimum atomic E-state index is -0.431. The van der Waals surface area contributed by atoms with E-state index in [4.69, 9.17) is 9.05 Å². The second kappa shape index (κ2) is 6.39. The third-order valence-electron chi connectivity index (χ3n) is 3.04. The van der Waals surface area contributed by atoms with Gasteiger partial charge in [-0.05, 0) is 19.1 Å². The van der Waals surface area contributed by atoms with E-state index in [1.807, 2.05) is 0 Å². The van der Waals surface area contributed by atoms with Crippen LogP contribution in [0.2, 0.25) is 0 Å². The van der Waals surface area contributed by atoms with Gasteiger partial charge in [0.25, 0.3) is 0 Å². The van der Waals surface area contributed by atoms with Crippen molar-refractivity contribution in [2.24, 2.45) is 0 Å². The van der Waals surface area contributed by atoms with Crippen molar-refractivity contribution in [1.82, 2.24) is 15.3 Å². The van der Waals surface area contributed by atoms with Crippen molar-refractivity contribution in [3.8, 4) is 11.4 Å². The van der Waals surface area contributed by atoms with E-state index in [1.54, 1.807) is 31.2 Å². The third kappa shape index (κ3) is 3.60. The Morgan fingerprint density at radius 2 is 2.09 bits per heavy atom. The summed E-state index contributed by atoms with van der Waals surface area (Å²) in [7, 11) is 0. The number of carbonyl (C=O) groups is 1. The summed E-state index contributed by atoms with van der Waals surface area (Å²) < 4.78 is 23.5. The van der Waals surface area contributed by atoms with Crippen LogP contribution in [0.25, 0.3) is 11.4 Å². The van der Waals surface area contributed by atoms with Crippen molar-refractivity contribution in [3.63, 3.8) is 0 Å². The maximum absolute atomic E-state index is 13.6. The highest BCUT2D eigenvalue weighted by molar-refractivity contribution is 5.89. The second-order valence-corrected chi connectivity index (χ2v) is 4.86. The summed E-state index contributed by atoms with van der Waals surface area (Å²) in [6, 6.07) is 7.75. The highest BCUT2D eigenvalue weighted by atomic mass is 19.1. The summed E-state index contributed by atoms with van der Waals surface area (Å²) in [5.74, 6) is 0.681. The van der Waals surface area contributed by atoms with Crippen molar-refractivity contribution >= 4 is 11.7 Å². The van der Waals surface area contributed by atoms with Crippen LogP contribution in [0.4, 0.5) is 10.2 Å². The summed E-state index contributed by atoms with van der Waals surface area (Å²) in [5, 5.41) is 9.98. The molecule has 2 heterocycles. The average Bonchev–Trinajstić information content (AvgIpc) is 3.15. The molecule has 0 unspecified atom stereocenters. The molecule has 0 saturated carbocycles. The molecule has 0 aliphatic carbocycles. The topological polar surface area (TPSA) is 94.1 Å². The zero-order chi connectivity index (χ0) is 16.2. The van der Waals surface area contributed by atoms with Gasteiger partial charge in [0.15, 0.2) is 5.82 Å². The molecule has 1 aromatic carbocycles. The van der Waals surface area contributed by atoms with Gasteiger partial charge >= 0.3 is 0 Å². The molecule has 0 saturated heterocycles. The molecule has 23 heavy (non-hydrogen) atoms. The predicted molar refractivity (Wildman–Crippen MR) is 77.9 cm³/mol. The van der Waals surface area contributed by atoms with Gasteiger partial charge in [-0.2, -0.15) is 4.98 Å². The van der Waals surface area contributed by atoms with Crippen molar-refractivity contribution in [2.75, 3.05) is 5.32 Å². The Labute approximate surface area is 130 Å². The Bertz CT molecular complexity index is 828. The Balaban J connectivity index is 1.59. The van der Waals surface area contributed by atoms with Crippen LogP contribution in [0.15, 0.2) is 39.4 Å². The molecule has 3 rings (SSSR count). The molecule has 0 bridgehead atoms. The molecular formula is C15H13FN4O3. The second-order valence-electron chi connectivity index (χ2n) is 4.86. The van der Waals surface area contributed by atoms with E-state index in [2.05, 4.69) is 20.6 Å². The van der Waals surface area contributed by atoms with Crippen molar-refractivity contribution in [3.05, 3.63) is 47.8 Å². The number of rotatable bonds is 5. The fourth-order valence-corrected chi connectivity index (χ4v) is 1.96. The maximum atomic E-state index is 13.6. The predicted octanol–water partition coefficient (Wildman–Crippen LogP) is 2.74. The Hall–Kier alpha value is -3.03. The van der Waals surface area contributed by atoms with Crippen LogP contribution in [0.5, 0.6) is 0 Å². The Morgan fingerprint density at radius 1 is 1.26 bits per heavy atom. The molecule has 7 nitrogen and oxygen atoms in total. The standard InChI is InChI=1S/C15H13FN4O3/c1-9-8-12(19-22-9)17-13(21)6-7-14-18-15(20-23-14)10-4-2-3-5-11(10)16/h2-5,8H,6-7H2,1H3,(H,17,19,21). The lowest BCUT2D eigenvalue weighted by atomic mass is 10.2. The van der Waals surface area contributed by atoms with Crippen LogP contribution in [0, 0.1) is 12.7 Å². The van der Waals surface area contributed by atoms with Crippen LogP contribution in [0.3, 0.4) is 0 Å². The van der Waals surface area contributed by atoms with E-state index in [1.165, 1.54) is 6.07 Å². The van der Waals surface area contributed by atoms with E-state index < -0.39 is 5.82 Å². The van der Waals surface area contributed by atoms with Gasteiger partial charge in [-0.3, -0.25) is 4.79 Å². The number of aromatic nitrogens is 3. The molecule has 0 aliphatic rings. The number of nitrogens with one attached hydrogen (secondary N) is 1. The van der Waals surface area contributed by atoms with Gasteiger partial charge in [-0.1, -0.05) is 22.4 Å². The first-order chi connectivity index (χ1) is 11.1. The lowest BCUT2D eigenvalue weighted by molar-refractivity contribution is -0.116. The summed E-state index contributed by atoms with van der Waals surface area (Å²) in [6.45, 7) is 1.73. The van der Waals surface area contributed by atoms with Crippen molar-refractivity contribution < 1.29 is 18.2 Å². The summed E-state index contributed by atoms with van der Waals surface area (Å²) in [6.07, 6.45) is 0.370. The van der Waals surface area contributed by atoms with Gasteiger partial charge in [0.1, 0.15) is 11.6 Å². The molecule has 1 amide bonds. The van der Waals surface area contributed by atoms with Gasteiger partial charge in [0, 0.05) is 18.9 Å². The first-order valence-electron chi connectivity index (χ1n) is 6.92. The van der Waals surface area contributed by atoms with Crippen LogP contribution >= 0.6 is 0 Å². The number of anilines is 1. The Kier molecular flexibility index (Phi) is 4.13. The fraction of sp³-hybridized carbons (Fsp3) is 0.200. The lowest BCUT2D eigenvalue weighted by Crippen LogP contribution is -2.12. The normalized spacial score (nSPS) is 10.7. The maximum Gasteiger partial charge on any atom is 0.227 e. The van der Waals surface area contributed by atoms with Crippen molar-refractivity contribution in [1.29, 1.82) is 0 Å². The van der Waals surface area contributed by atoms with Gasteiger partial charge in [-0.25, -0.2) is 4.39 Å². The molecule has 0 fully saturated rings. The lowest BCUT2D eigenvalue weighted by Gasteiger charge is -1.98. The minimum absolute atomic E-state index is 0.130. The van der Waals surface area contributed by atoms with E-state index in [0.717, 1.165) is 0 Å². The molecular weight excluding hydrogens is 303 g/mol. The van der Waals surface area contributed by atoms with Gasteiger partial charge in [0.2, 0.25) is 17.6 Å². The van der Waals surface area contributed by atoms with Crippen molar-refractivity contribution in [2.45, 2.75) is 19.8 Å². The number of hydrogen-bond acceptors (Lipinski definition) is 6. The summed E-state index contributed by atoms with van der Waals surface area (Å²) in [5.41, 5.74) is 0.255. The Morgan fingerprint density at radius 3 is 2.83 bits per heavy atom. The molecule has 8 heteroatoms. The monoisotopic (exact) mass is 316 g/mol. The molecule has 2 aromatic heterocycles. The highest BCUT2D eigenvalue weighted by Gasteiger charge is 2.14. The number of halogens is 1. The molecule has 0 aliphatic heterocycles. The highest BCUT2D eigenvalue weighted by Crippen LogP contribution is 2.19. The SMILES string of the molecule is Cc1cc(NC(=O)CCc2nc(-c3ccccc3F)no2)no1. The average molecular weight is 316 g/mol. The van der Waals surface area contributed by atoms with Crippen LogP contribution in [0.1, 0.15) is 18.1 Å². The number of nitrogens with zero attached hydrogens (tertiary/aromatic N) is 3. The molecule has 0 radical (unpaired) electrons. The van der Waals surface area contributed by atoms with Gasteiger partial charge in [0.05, 0.1) is 5.56 Å². The largest absolute Gasteiger partial charge is 0.360 e. The zero-order valence-electron chi connectivity index (χ0n) is 12.2. The van der Waals surface area contributed by atoms with Crippen LogP contribution in [-0.4, -0.2) is 21.2 Å². The van der Waals surface area contributed by atoms with E-state index >= 15 is 0 Å². The molecule has 3 aromatic rings. The van der Waals surface area contributed by atoms with Crippen LogP contribution < -0.4 is 5.32 Å². The van der Waals surface area contributed by atoms with E-state index in [0.29, 0.717) is 11.6 Å². The number of carbonyl (C=O) groups excluding carboxylic acids is 1. The van der Waals surface area contributed by atoms with Crippen LogP contribution in [-0.2, 0) is 11.2 Å². The molecule has 0 atom stereocenters. The minimum Gasteiger partial charge on any atom is -0.360 e. The smallest absolute Gasteiger partial charge is 0.227 e. The van der Waals surface area contributed by atoms with E-state index in [-0.39, 0.29) is 36.0 Å². The first kappa shape index (κ1) is 14.9. The van der Waals surface area contributed by atoms with Gasteiger partial charge in [-0.15, -0.1) is 0 Å². The molecule has 0 spiro atoms. The van der Waals surface area contributed by atoms with Gasteiger partial charge < -0.3 is 14.4 Å². The molecule has 118 valence electrons.